The van der Waals surface area contributed by atoms with E-state index in [2.05, 4.69) is 204 Å². The Balaban J connectivity index is 0.435. The van der Waals surface area contributed by atoms with E-state index >= 15 is 0 Å². The van der Waals surface area contributed by atoms with Gasteiger partial charge in [0.05, 0.1) is 120 Å². The molecule has 0 aliphatic heterocycles. The van der Waals surface area contributed by atoms with Crippen molar-refractivity contribution in [2.45, 2.75) is 109 Å². The number of nitrogens with zero attached hydrogens (tertiary/aromatic N) is 18. The molecule has 31 heteroatoms. The smallest absolute Gasteiger partial charge is 0.240 e. The van der Waals surface area contributed by atoms with E-state index < -0.39 is 18.0 Å². The molecule has 0 spiro atoms. The van der Waals surface area contributed by atoms with Gasteiger partial charge in [0.25, 0.3) is 0 Å². The van der Waals surface area contributed by atoms with Gasteiger partial charge in [0, 0.05) is 80.5 Å². The van der Waals surface area contributed by atoms with Crippen molar-refractivity contribution in [2.24, 2.45) is 15.7 Å². The summed E-state index contributed by atoms with van der Waals surface area (Å²) in [6.07, 6.45) is 14.3. The van der Waals surface area contributed by atoms with Crippen molar-refractivity contribution < 1.29 is 33.3 Å². The quantitative estimate of drug-likeness (QED) is 0.0152. The van der Waals surface area contributed by atoms with Crippen LogP contribution in [-0.4, -0.2) is 290 Å². The second kappa shape index (κ2) is 46.9. The van der Waals surface area contributed by atoms with Crippen LogP contribution in [0.3, 0.4) is 0 Å². The number of nitrogens with one attached hydrogen (secondary N) is 5. The molecular weight excluding hydrogens is 1650 g/mol. The summed E-state index contributed by atoms with van der Waals surface area (Å²) in [5, 5.41) is 20.9. The van der Waals surface area contributed by atoms with Gasteiger partial charge < -0.3 is 74.4 Å². The Hall–Kier alpha value is -13.2. The van der Waals surface area contributed by atoms with Crippen LogP contribution in [0.15, 0.2) is 192 Å². The van der Waals surface area contributed by atoms with Gasteiger partial charge in [-0.25, -0.2) is 19.9 Å². The molecule has 6 aromatic heterocycles. The number of Topliss-reactive ketones (excluding diaryl/α,β-unsaturated/α-hetero) is 1. The summed E-state index contributed by atoms with van der Waals surface area (Å²) in [6, 6.07) is 55.9. The number of ketones is 1. The number of benzene rings is 8. The zero-order valence-electron chi connectivity index (χ0n) is 76.6. The number of aromatic nitrogens is 14. The second-order valence-corrected chi connectivity index (χ2v) is 34.3. The fraction of sp³-hybridized carbons (Fsp3) is 0.390. The fourth-order valence-corrected chi connectivity index (χ4v) is 16.1. The highest BCUT2D eigenvalue weighted by molar-refractivity contribution is 5.92. The van der Waals surface area contributed by atoms with E-state index in [-0.39, 0.29) is 44.5 Å². The van der Waals surface area contributed by atoms with E-state index in [0.717, 1.165) is 250 Å². The average molecular weight is 1770 g/mol. The maximum atomic E-state index is 14.3. The molecule has 14 aromatic rings. The van der Waals surface area contributed by atoms with Gasteiger partial charge in [0.2, 0.25) is 11.8 Å². The van der Waals surface area contributed by atoms with Crippen LogP contribution in [-0.2, 0) is 40.3 Å². The minimum atomic E-state index is -0.875. The summed E-state index contributed by atoms with van der Waals surface area (Å²) < 4.78 is 27.8. The Morgan fingerprint density at radius 1 is 0.435 bits per heavy atom. The van der Waals surface area contributed by atoms with E-state index in [1.54, 1.807) is 16.5 Å². The van der Waals surface area contributed by atoms with Gasteiger partial charge in [-0.1, -0.05) is 34.7 Å². The van der Waals surface area contributed by atoms with Crippen LogP contribution in [0.2, 0.25) is 0 Å². The topological polar surface area (TPSA) is 346 Å². The third-order valence-electron chi connectivity index (χ3n) is 23.4. The van der Waals surface area contributed by atoms with E-state index in [9.17, 15) is 14.4 Å². The molecule has 6 heterocycles. The summed E-state index contributed by atoms with van der Waals surface area (Å²) in [5.41, 5.74) is 23.2. The number of aromatic amines is 4. The monoisotopic (exact) mass is 1770 g/mol. The van der Waals surface area contributed by atoms with Gasteiger partial charge in [-0.05, 0) is 327 Å². The van der Waals surface area contributed by atoms with Gasteiger partial charge >= 0.3 is 0 Å². The van der Waals surface area contributed by atoms with Crippen molar-refractivity contribution >= 4 is 75.2 Å². The number of primary amides is 1. The average Bonchev–Trinajstić information content (AvgIpc) is 1.64. The first-order valence-corrected chi connectivity index (χ1v) is 45.6. The third kappa shape index (κ3) is 27.0. The Labute approximate surface area is 765 Å². The highest BCUT2D eigenvalue weighted by Gasteiger charge is 2.35. The number of H-pyrrole nitrogens is 4. The maximum absolute atomic E-state index is 14.3. The van der Waals surface area contributed by atoms with Crippen LogP contribution in [0.1, 0.15) is 82.5 Å². The van der Waals surface area contributed by atoms with Crippen LogP contribution in [0, 0.1) is 0 Å². The van der Waals surface area contributed by atoms with Crippen LogP contribution in [0.4, 0.5) is 0 Å². The summed E-state index contributed by atoms with van der Waals surface area (Å²) in [4.78, 5) is 94.7. The lowest BCUT2D eigenvalue weighted by molar-refractivity contribution is -0.141. The number of ether oxygens (including phenoxy) is 4. The van der Waals surface area contributed by atoms with E-state index in [1.807, 2.05) is 114 Å². The van der Waals surface area contributed by atoms with Gasteiger partial charge in [0.15, 0.2) is 5.78 Å². The maximum Gasteiger partial charge on any atom is 0.240 e. The van der Waals surface area contributed by atoms with Gasteiger partial charge in [-0.15, -0.1) is 10.2 Å². The molecule has 8 aromatic carbocycles. The summed E-state index contributed by atoms with van der Waals surface area (Å²) in [6.45, 7) is 18.8. The van der Waals surface area contributed by atoms with Crippen molar-refractivity contribution in [3.05, 3.63) is 194 Å². The number of hydrogen-bond acceptors (Lipinski definition) is 23. The highest BCUT2D eigenvalue weighted by atomic mass is 16.5. The lowest BCUT2D eigenvalue weighted by Crippen LogP contribution is -2.56. The number of imidazole rings is 4. The lowest BCUT2D eigenvalue weighted by Gasteiger charge is -2.35. The number of amides is 2. The number of nitrogens with two attached hydrogens (primary N) is 1. The molecule has 131 heavy (non-hydrogen) atoms. The molecule has 14 rings (SSSR count). The Kier molecular flexibility index (Phi) is 33.6. The first-order valence-electron chi connectivity index (χ1n) is 45.6. The molecule has 2 amide bonds. The zero-order chi connectivity index (χ0) is 91.4. The van der Waals surface area contributed by atoms with Crippen molar-refractivity contribution in [3.63, 3.8) is 0 Å². The molecule has 0 saturated carbocycles. The highest BCUT2D eigenvalue weighted by Crippen LogP contribution is 2.34. The predicted octanol–water partition coefficient (Wildman–Crippen LogP) is 13.9. The third-order valence-corrected chi connectivity index (χ3v) is 23.4. The number of carbonyl (C=O) groups is 3. The van der Waals surface area contributed by atoms with Crippen molar-refractivity contribution in [3.8, 4) is 90.8 Å². The number of rotatable bonds is 56. The largest absolute Gasteiger partial charge is 0.494 e. The van der Waals surface area contributed by atoms with Crippen LogP contribution in [0.5, 0.6) is 23.0 Å². The van der Waals surface area contributed by atoms with E-state index in [4.69, 9.17) is 44.6 Å². The standard InChI is InChI=1S/C100H124N24O7/c1-70(100(127)121(68-95(101)126)53-15-55-123-67-80(114-116-123)21-11-13-50-120(9)52-19-59-131-84-40-28-74(29-41-84)99-108-88-45-33-78(63-92(88)112-99)76-31-43-86-90(61-76)110-97(106-86)72-24-36-82(37-25-72)129-57-17-48-118(6)7)124(69-103-3)93(64-102-2)94(125)65-104-46-14-54-122-66-79(113-115-122)20-10-12-49-119(8)51-18-58-130-83-38-26-73(27-39-83)98-107-87-44-32-77(62-91(87)111-98)75-30-42-85-89(60-75)109-96(105-85)71-22-34-81(35-23-71)128-56-16-47-117(4)5/h22-45,60-63,66-67,70,93,104H,2-3,10-21,46-59,64-65,68-69H2,1,4-9H3,(H2,101,126)(H,105,109)(H,106,110)(H,107,111)(H,108,112)/t70-,93?/m0/s1. The molecule has 1 unspecified atom stereocenters. The lowest BCUT2D eigenvalue weighted by atomic mass is 10.0. The second-order valence-electron chi connectivity index (χ2n) is 34.3. The number of carbonyl (C=O) groups excluding carboxylic acids is 3. The minimum Gasteiger partial charge on any atom is -0.494 e. The Morgan fingerprint density at radius 2 is 0.786 bits per heavy atom. The first-order chi connectivity index (χ1) is 63.8. The molecule has 7 N–H and O–H groups in total. The summed E-state index contributed by atoms with van der Waals surface area (Å²) in [5.74, 6) is 5.33. The van der Waals surface area contributed by atoms with Crippen molar-refractivity contribution in [1.29, 1.82) is 0 Å². The van der Waals surface area contributed by atoms with Crippen molar-refractivity contribution in [2.75, 3.05) is 147 Å². The number of fused-ring (bicyclic) bond motifs is 4. The fourth-order valence-electron chi connectivity index (χ4n) is 16.1. The number of aliphatic imine (C=N–C) groups is 2. The SMILES string of the molecule is C=NCC(C(=O)CNCCCn1cc(CCCCN(C)CCCOc2ccc(-c3nc4cc(-c5ccc6[nH]c(-c7ccc(OCCCN(C)C)cc7)nc6c5)ccc4[nH]3)cc2)nn1)N(CN=C)[C@@H](C)C(=O)N(CCCn1cc(CCCCN(C)CCCOc2ccc(-c3nc4cc(-c5ccc6[nH]c(-c7ccc(OCCCN(C)C)cc7)nc6c5)ccc4[nH]3)cc2)nn1)CC(N)=O. The van der Waals surface area contributed by atoms with Crippen LogP contribution in [0.25, 0.3) is 112 Å². The molecular formula is C100H124N24O7. The Bertz CT molecular complexity index is 6010. The van der Waals surface area contributed by atoms with E-state index in [0.29, 0.717) is 58.9 Å². The first kappa shape index (κ1) is 94.0. The van der Waals surface area contributed by atoms with E-state index in [1.165, 1.54) is 4.90 Å². The van der Waals surface area contributed by atoms with Crippen LogP contribution >= 0.6 is 0 Å². The molecule has 0 aliphatic carbocycles. The van der Waals surface area contributed by atoms with Gasteiger partial charge in [0.1, 0.15) is 46.3 Å². The molecule has 0 fully saturated rings. The molecule has 0 bridgehead atoms. The summed E-state index contributed by atoms with van der Waals surface area (Å²) >= 11 is 0. The van der Waals surface area contributed by atoms with Crippen molar-refractivity contribution in [1.82, 2.24) is 105 Å². The predicted molar refractivity (Wildman–Crippen MR) is 519 cm³/mol. The minimum absolute atomic E-state index is 0.0249. The number of aryl methyl sites for hydroxylation is 4. The Morgan fingerprint density at radius 3 is 1.14 bits per heavy atom. The molecule has 0 aliphatic rings. The zero-order valence-corrected chi connectivity index (χ0v) is 76.6. The number of unbranched alkanes of at least 4 members (excludes halogenated alkanes) is 2. The molecule has 0 saturated heterocycles. The molecule has 31 nitrogen and oxygen atoms in total. The molecule has 686 valence electrons. The van der Waals surface area contributed by atoms with Crippen LogP contribution < -0.4 is 30.0 Å². The summed E-state index contributed by atoms with van der Waals surface area (Å²) in [7, 11) is 12.5. The van der Waals surface area contributed by atoms with Gasteiger partial charge in [-0.3, -0.25) is 38.6 Å². The molecule has 0 radical (unpaired) electrons. The normalized spacial score (nSPS) is 12.3. The molecule has 2 atom stereocenters. The van der Waals surface area contributed by atoms with Gasteiger partial charge in [-0.2, -0.15) is 0 Å². The number of hydrogen-bond donors (Lipinski definition) is 6.